The first-order chi connectivity index (χ1) is 24.1. The third-order valence-electron chi connectivity index (χ3n) is 8.66. The highest BCUT2D eigenvalue weighted by Gasteiger charge is 2.54. The quantitative estimate of drug-likeness (QED) is 0.0265. The van der Waals surface area contributed by atoms with Gasteiger partial charge < -0.3 is 58.1 Å². The Labute approximate surface area is 300 Å². The normalized spacial score (nSPS) is 16.3. The summed E-state index contributed by atoms with van der Waals surface area (Å²) in [5, 5.41) is 54.3. The van der Waals surface area contributed by atoms with Crippen molar-refractivity contribution in [2.45, 2.75) is 90.0 Å². The van der Waals surface area contributed by atoms with Gasteiger partial charge in [-0.2, -0.15) is 0 Å². The average Bonchev–Trinajstić information content (AvgIpc) is 3.17. The van der Waals surface area contributed by atoms with E-state index < -0.39 is 90.3 Å². The Kier molecular flexibility index (Phi) is 14.7. The number of carboxylic acid groups (broad SMARTS) is 2. The molecule has 288 valence electrons. The smallest absolute Gasteiger partial charge is 0.326 e. The molecule has 0 saturated heterocycles. The SMILES string of the molecule is CC(C)[C@H](NC(=O)[C@H](CC(=O)O)NC(=O)CNC(=O)[C@H](CCCN=C(N)N)NC(=O)COc1ccc(C2=[N+]([O-])C(C)(C)C(C)(C)N2[O-])cc1)C(=O)O. The van der Waals surface area contributed by atoms with Crippen LogP contribution in [-0.4, -0.2) is 116 Å². The molecule has 10 N–H and O–H groups in total. The molecule has 1 aromatic rings. The standard InChI is InChI=1S/C32H48N9O11/c1-17(2)25(29(48)49)39-27(47)21(14-24(44)45)38-22(42)15-36-26(46)20(8-7-13-35-30(33)34)37-23(43)16-52-19-11-9-18(10-12-19)28-40(50)31(3,4)32(5,6)41(28)51/h9-12,17,20-21,25H,7-8,13-16H2,1-6H3,(H,36,46)(H,37,43)(H,38,42)(H,39,47)(H,44,45)(H,48,49)(H4,33,34,35)/q-1/t20-,21-,25-/m0/s1. The molecule has 0 aliphatic carbocycles. The lowest BCUT2D eigenvalue weighted by Crippen LogP contribution is -2.55. The molecule has 0 spiro atoms. The maximum Gasteiger partial charge on any atom is 0.326 e. The Morgan fingerprint density at radius 3 is 2.04 bits per heavy atom. The van der Waals surface area contributed by atoms with E-state index in [0.29, 0.717) is 15.4 Å². The number of nitrogens with zero attached hydrogens (tertiary/aromatic N) is 3. The lowest BCUT2D eigenvalue weighted by Gasteiger charge is -2.39. The molecule has 4 amide bonds. The van der Waals surface area contributed by atoms with Crippen LogP contribution in [0.5, 0.6) is 5.75 Å². The van der Waals surface area contributed by atoms with Crippen LogP contribution in [0.25, 0.3) is 0 Å². The van der Waals surface area contributed by atoms with Gasteiger partial charge in [0.15, 0.2) is 12.6 Å². The van der Waals surface area contributed by atoms with Crippen LogP contribution in [0.15, 0.2) is 29.3 Å². The third-order valence-corrected chi connectivity index (χ3v) is 8.66. The molecule has 1 aliphatic heterocycles. The molecule has 1 aliphatic rings. The fourth-order valence-corrected chi connectivity index (χ4v) is 4.89. The largest absolute Gasteiger partial charge is 0.715 e. The molecule has 0 aromatic heterocycles. The van der Waals surface area contributed by atoms with Crippen LogP contribution in [0.3, 0.4) is 0 Å². The van der Waals surface area contributed by atoms with Gasteiger partial charge in [-0.25, -0.2) is 4.79 Å². The summed E-state index contributed by atoms with van der Waals surface area (Å²) in [6, 6.07) is 1.72. The number of aliphatic carboxylic acids is 2. The number of benzene rings is 1. The summed E-state index contributed by atoms with van der Waals surface area (Å²) in [7, 11) is 0. The number of carbonyl (C=O) groups excluding carboxylic acids is 4. The van der Waals surface area contributed by atoms with E-state index in [1.165, 1.54) is 38.1 Å². The lowest BCUT2D eigenvalue weighted by atomic mass is 9.84. The Hall–Kier alpha value is -5.66. The van der Waals surface area contributed by atoms with Gasteiger partial charge in [-0.1, -0.05) is 13.8 Å². The second kappa shape index (κ2) is 18.0. The zero-order valence-corrected chi connectivity index (χ0v) is 29.9. The number of carboxylic acids is 2. The fraction of sp³-hybridized carbons (Fsp3) is 0.562. The number of hydroxylamine groups is 3. The van der Waals surface area contributed by atoms with E-state index in [0.717, 1.165) is 0 Å². The number of rotatable bonds is 19. The summed E-state index contributed by atoms with van der Waals surface area (Å²) < 4.78 is 6.20. The van der Waals surface area contributed by atoms with Crippen molar-refractivity contribution >= 4 is 47.4 Å². The maximum atomic E-state index is 13.1. The van der Waals surface area contributed by atoms with E-state index in [9.17, 15) is 49.4 Å². The molecule has 0 saturated carbocycles. The zero-order chi connectivity index (χ0) is 39.6. The number of nitrogens with two attached hydrogens (primary N) is 2. The number of amides is 4. The first-order valence-electron chi connectivity index (χ1n) is 16.3. The summed E-state index contributed by atoms with van der Waals surface area (Å²) >= 11 is 0. The minimum atomic E-state index is -1.65. The summed E-state index contributed by atoms with van der Waals surface area (Å²) in [4.78, 5) is 77.8. The number of aliphatic imine (C=N–C) groups is 1. The van der Waals surface area contributed by atoms with Gasteiger partial charge in [0.05, 0.1) is 18.5 Å². The van der Waals surface area contributed by atoms with Crippen LogP contribution in [0.1, 0.15) is 66.4 Å². The van der Waals surface area contributed by atoms with Gasteiger partial charge in [0.2, 0.25) is 17.7 Å². The van der Waals surface area contributed by atoms with Gasteiger partial charge in [-0.05, 0) is 70.7 Å². The van der Waals surface area contributed by atoms with Crippen molar-refractivity contribution in [1.29, 1.82) is 0 Å². The Morgan fingerprint density at radius 1 is 0.942 bits per heavy atom. The van der Waals surface area contributed by atoms with E-state index in [1.54, 1.807) is 27.7 Å². The fourth-order valence-electron chi connectivity index (χ4n) is 4.89. The molecule has 1 aromatic carbocycles. The monoisotopic (exact) mass is 734 g/mol. The molecule has 0 fully saturated rings. The van der Waals surface area contributed by atoms with Crippen molar-refractivity contribution < 1.29 is 48.5 Å². The summed E-state index contributed by atoms with van der Waals surface area (Å²) in [5.41, 5.74) is 9.01. The minimum Gasteiger partial charge on any atom is -0.715 e. The molecule has 20 heteroatoms. The van der Waals surface area contributed by atoms with E-state index in [4.69, 9.17) is 16.2 Å². The Bertz CT molecular complexity index is 1550. The van der Waals surface area contributed by atoms with Crippen molar-refractivity contribution in [3.63, 3.8) is 0 Å². The molecule has 52 heavy (non-hydrogen) atoms. The molecule has 3 atom stereocenters. The number of ether oxygens (including phenoxy) is 1. The Balaban J connectivity index is 2.06. The summed E-state index contributed by atoms with van der Waals surface area (Å²) in [6.07, 6.45) is -0.624. The van der Waals surface area contributed by atoms with Crippen LogP contribution in [0, 0.1) is 16.3 Å². The van der Waals surface area contributed by atoms with E-state index in [1.807, 2.05) is 0 Å². The van der Waals surface area contributed by atoms with Gasteiger partial charge in [0.25, 0.3) is 11.7 Å². The summed E-state index contributed by atoms with van der Waals surface area (Å²) in [6.45, 7) is 8.57. The van der Waals surface area contributed by atoms with Crippen molar-refractivity contribution in [2.24, 2.45) is 22.4 Å². The van der Waals surface area contributed by atoms with Gasteiger partial charge in [-0.15, -0.1) is 0 Å². The van der Waals surface area contributed by atoms with E-state index >= 15 is 0 Å². The highest BCUT2D eigenvalue weighted by atomic mass is 16.5. The van der Waals surface area contributed by atoms with Crippen LogP contribution in [-0.2, 0) is 28.8 Å². The second-order valence-electron chi connectivity index (χ2n) is 13.4. The number of nitrogens with one attached hydrogen (secondary N) is 4. The van der Waals surface area contributed by atoms with E-state index in [2.05, 4.69) is 26.3 Å². The molecule has 1 heterocycles. The first kappa shape index (κ1) is 42.5. The van der Waals surface area contributed by atoms with Crippen LogP contribution < -0.4 is 37.5 Å². The second-order valence-corrected chi connectivity index (χ2v) is 13.4. The number of carbonyl (C=O) groups is 6. The van der Waals surface area contributed by atoms with Crippen LogP contribution >= 0.6 is 0 Å². The predicted molar refractivity (Wildman–Crippen MR) is 186 cm³/mol. The molecule has 0 unspecified atom stereocenters. The molecule has 2 rings (SSSR count). The average molecular weight is 735 g/mol. The van der Waals surface area contributed by atoms with Gasteiger partial charge in [0.1, 0.15) is 35.0 Å². The van der Waals surface area contributed by atoms with Crippen LogP contribution in [0.2, 0.25) is 0 Å². The highest BCUT2D eigenvalue weighted by molar-refractivity contribution is 5.97. The third kappa shape index (κ3) is 11.2. The number of guanidine groups is 1. The van der Waals surface area contributed by atoms with Crippen LogP contribution in [0.4, 0.5) is 0 Å². The first-order valence-corrected chi connectivity index (χ1v) is 16.3. The van der Waals surface area contributed by atoms with Crippen molar-refractivity contribution in [1.82, 2.24) is 26.3 Å². The molecular weight excluding hydrogens is 686 g/mol. The maximum absolute atomic E-state index is 13.1. The molecule has 20 nitrogen and oxygen atoms in total. The number of amidine groups is 1. The van der Waals surface area contributed by atoms with Gasteiger partial charge in [0, 0.05) is 6.54 Å². The van der Waals surface area contributed by atoms with Crippen molar-refractivity contribution in [2.75, 3.05) is 19.7 Å². The highest BCUT2D eigenvalue weighted by Crippen LogP contribution is 2.37. The zero-order valence-electron chi connectivity index (χ0n) is 29.9. The molecule has 0 radical (unpaired) electrons. The topological polar surface area (TPSA) is 317 Å². The minimum absolute atomic E-state index is 0.0171. The number of hydrogen-bond acceptors (Lipinski definition) is 11. The van der Waals surface area contributed by atoms with E-state index in [-0.39, 0.29) is 36.9 Å². The van der Waals surface area contributed by atoms with Crippen molar-refractivity contribution in [3.8, 4) is 5.75 Å². The molecular formula is C32H48N9O11-. The number of hydrogen-bond donors (Lipinski definition) is 8. The Morgan fingerprint density at radius 2 is 1.54 bits per heavy atom. The predicted octanol–water partition coefficient (Wildman–Crippen LogP) is -1.47. The van der Waals surface area contributed by atoms with Crippen molar-refractivity contribution in [3.05, 3.63) is 40.2 Å². The summed E-state index contributed by atoms with van der Waals surface area (Å²) in [5.74, 6) is -6.94. The molecule has 0 bridgehead atoms. The lowest BCUT2D eigenvalue weighted by molar-refractivity contribution is -0.539. The van der Waals surface area contributed by atoms with Gasteiger partial charge >= 0.3 is 11.9 Å². The van der Waals surface area contributed by atoms with Gasteiger partial charge in [-0.3, -0.25) is 38.8 Å².